The number of carbonyl (C=O) groups excluding carboxylic acids is 1. The molecule has 0 aliphatic carbocycles. The van der Waals surface area contributed by atoms with Crippen LogP contribution in [0, 0.1) is 0 Å². The zero-order valence-corrected chi connectivity index (χ0v) is 13.5. The Balaban J connectivity index is 2.24. The van der Waals surface area contributed by atoms with Crippen molar-refractivity contribution in [2.45, 2.75) is 13.3 Å². The van der Waals surface area contributed by atoms with Crippen LogP contribution in [0.1, 0.15) is 13.3 Å². The molecule has 0 saturated carbocycles. The summed E-state index contributed by atoms with van der Waals surface area (Å²) in [7, 11) is -1.78. The maximum absolute atomic E-state index is 12.0. The highest BCUT2D eigenvalue weighted by molar-refractivity contribution is 7.93. The minimum Gasteiger partial charge on any atom is -0.495 e. The molecule has 1 aromatic carbocycles. The van der Waals surface area contributed by atoms with Gasteiger partial charge in [0.25, 0.3) is 0 Å². The van der Waals surface area contributed by atoms with Crippen molar-refractivity contribution in [1.82, 2.24) is 0 Å². The molecule has 1 aliphatic heterocycles. The molecule has 0 unspecified atom stereocenters. The van der Waals surface area contributed by atoms with E-state index in [-0.39, 0.29) is 18.3 Å². The third-order valence-electron chi connectivity index (χ3n) is 3.28. The SMILES string of the molecule is CCOCC(=O)Nc1cc(N2CCCS2(=O)=O)ccc1OC. The lowest BCUT2D eigenvalue weighted by atomic mass is 10.2. The fraction of sp³-hybridized carbons (Fsp3) is 0.500. The lowest BCUT2D eigenvalue weighted by molar-refractivity contribution is -0.120. The van der Waals surface area contributed by atoms with Gasteiger partial charge in [-0.15, -0.1) is 0 Å². The molecule has 0 bridgehead atoms. The fourth-order valence-electron chi connectivity index (χ4n) is 2.26. The average molecular weight is 328 g/mol. The number of sulfonamides is 1. The predicted molar refractivity (Wildman–Crippen MR) is 83.9 cm³/mol. The molecular weight excluding hydrogens is 308 g/mol. The smallest absolute Gasteiger partial charge is 0.250 e. The van der Waals surface area contributed by atoms with Crippen molar-refractivity contribution in [3.05, 3.63) is 18.2 Å². The number of hydrogen-bond donors (Lipinski definition) is 1. The Morgan fingerprint density at radius 1 is 1.41 bits per heavy atom. The Morgan fingerprint density at radius 2 is 2.18 bits per heavy atom. The quantitative estimate of drug-likeness (QED) is 0.848. The number of anilines is 2. The van der Waals surface area contributed by atoms with Gasteiger partial charge in [0.05, 0.1) is 24.2 Å². The summed E-state index contributed by atoms with van der Waals surface area (Å²) in [5.74, 6) is 0.289. The first-order chi connectivity index (χ1) is 10.5. The zero-order chi connectivity index (χ0) is 16.2. The predicted octanol–water partition coefficient (Wildman–Crippen LogP) is 1.21. The second-order valence-corrected chi connectivity index (χ2v) is 6.82. The monoisotopic (exact) mass is 328 g/mol. The van der Waals surface area contributed by atoms with Crippen molar-refractivity contribution < 1.29 is 22.7 Å². The number of amides is 1. The fourth-order valence-corrected chi connectivity index (χ4v) is 3.82. The second kappa shape index (κ2) is 6.97. The molecule has 1 aliphatic rings. The Hall–Kier alpha value is -1.80. The van der Waals surface area contributed by atoms with Crippen LogP contribution < -0.4 is 14.4 Å². The van der Waals surface area contributed by atoms with Crippen LogP contribution in [-0.4, -0.2) is 46.9 Å². The summed E-state index contributed by atoms with van der Waals surface area (Å²) in [5.41, 5.74) is 0.941. The molecule has 1 heterocycles. The van der Waals surface area contributed by atoms with Crippen molar-refractivity contribution in [3.8, 4) is 5.75 Å². The molecule has 7 nitrogen and oxygen atoms in total. The van der Waals surface area contributed by atoms with Gasteiger partial charge in [-0.3, -0.25) is 9.10 Å². The van der Waals surface area contributed by atoms with Gasteiger partial charge in [0.1, 0.15) is 12.4 Å². The maximum atomic E-state index is 12.0. The van der Waals surface area contributed by atoms with Gasteiger partial charge in [-0.1, -0.05) is 0 Å². The summed E-state index contributed by atoms with van der Waals surface area (Å²) in [6.07, 6.45) is 0.598. The average Bonchev–Trinajstić information content (AvgIpc) is 2.84. The van der Waals surface area contributed by atoms with Crippen LogP contribution in [-0.2, 0) is 19.6 Å². The molecule has 122 valence electrons. The first kappa shape index (κ1) is 16.6. The first-order valence-corrected chi connectivity index (χ1v) is 8.65. The molecule has 0 spiro atoms. The summed E-state index contributed by atoms with van der Waals surface area (Å²) in [5, 5.41) is 2.68. The molecule has 2 rings (SSSR count). The normalized spacial score (nSPS) is 16.5. The summed E-state index contributed by atoms with van der Waals surface area (Å²) in [4.78, 5) is 11.8. The van der Waals surface area contributed by atoms with Crippen molar-refractivity contribution >= 4 is 27.3 Å². The van der Waals surface area contributed by atoms with E-state index in [0.717, 1.165) is 0 Å². The largest absolute Gasteiger partial charge is 0.495 e. The molecule has 1 fully saturated rings. The number of methoxy groups -OCH3 is 1. The van der Waals surface area contributed by atoms with Gasteiger partial charge in [-0.2, -0.15) is 0 Å². The molecule has 0 radical (unpaired) electrons. The van der Waals surface area contributed by atoms with Crippen LogP contribution in [0.2, 0.25) is 0 Å². The van der Waals surface area contributed by atoms with Crippen LogP contribution in [0.25, 0.3) is 0 Å². The first-order valence-electron chi connectivity index (χ1n) is 7.04. The van der Waals surface area contributed by atoms with E-state index < -0.39 is 10.0 Å². The van der Waals surface area contributed by atoms with E-state index in [4.69, 9.17) is 9.47 Å². The van der Waals surface area contributed by atoms with E-state index in [2.05, 4.69) is 5.32 Å². The number of nitrogens with one attached hydrogen (secondary N) is 1. The Morgan fingerprint density at radius 3 is 2.77 bits per heavy atom. The molecular formula is C14H20N2O5S. The molecule has 8 heteroatoms. The molecule has 1 aromatic rings. The molecule has 0 atom stereocenters. The number of benzene rings is 1. The highest BCUT2D eigenvalue weighted by Crippen LogP contribution is 2.32. The lowest BCUT2D eigenvalue weighted by Gasteiger charge is -2.19. The molecule has 1 N–H and O–H groups in total. The van der Waals surface area contributed by atoms with Gasteiger partial charge in [0, 0.05) is 13.2 Å². The van der Waals surface area contributed by atoms with Crippen LogP contribution in [0.4, 0.5) is 11.4 Å². The summed E-state index contributed by atoms with van der Waals surface area (Å²) in [6.45, 7) is 2.62. The van der Waals surface area contributed by atoms with Gasteiger partial charge in [0.2, 0.25) is 15.9 Å². The minimum absolute atomic E-state index is 0.0636. The molecule has 1 amide bonds. The van der Waals surface area contributed by atoms with Crippen LogP contribution in [0.5, 0.6) is 5.75 Å². The number of nitrogens with zero attached hydrogens (tertiary/aromatic N) is 1. The Labute approximate surface area is 130 Å². The Kier molecular flexibility index (Phi) is 5.25. The van der Waals surface area contributed by atoms with Crippen molar-refractivity contribution in [1.29, 1.82) is 0 Å². The highest BCUT2D eigenvalue weighted by atomic mass is 32.2. The van der Waals surface area contributed by atoms with Gasteiger partial charge in [-0.05, 0) is 31.5 Å². The maximum Gasteiger partial charge on any atom is 0.250 e. The number of carbonyl (C=O) groups is 1. The van der Waals surface area contributed by atoms with Gasteiger partial charge >= 0.3 is 0 Å². The lowest BCUT2D eigenvalue weighted by Crippen LogP contribution is -2.25. The molecule has 0 aromatic heterocycles. The van der Waals surface area contributed by atoms with E-state index in [9.17, 15) is 13.2 Å². The van der Waals surface area contributed by atoms with E-state index >= 15 is 0 Å². The van der Waals surface area contributed by atoms with Crippen molar-refractivity contribution in [2.24, 2.45) is 0 Å². The standard InChI is InChI=1S/C14H20N2O5S/c1-3-21-10-14(17)15-12-9-11(5-6-13(12)20-2)16-7-4-8-22(16,18)19/h5-6,9H,3-4,7-8,10H2,1-2H3,(H,15,17). The molecule has 1 saturated heterocycles. The summed E-state index contributed by atoms with van der Waals surface area (Å²) in [6, 6.07) is 4.91. The Bertz CT molecular complexity index is 645. The third-order valence-corrected chi connectivity index (χ3v) is 5.15. The second-order valence-electron chi connectivity index (χ2n) is 4.81. The number of rotatable bonds is 6. The van der Waals surface area contributed by atoms with Crippen LogP contribution in [0.15, 0.2) is 18.2 Å². The van der Waals surface area contributed by atoms with Crippen molar-refractivity contribution in [2.75, 3.05) is 42.2 Å². The highest BCUT2D eigenvalue weighted by Gasteiger charge is 2.29. The van der Waals surface area contributed by atoms with E-state index in [0.29, 0.717) is 36.7 Å². The van der Waals surface area contributed by atoms with E-state index in [1.54, 1.807) is 25.1 Å². The van der Waals surface area contributed by atoms with Gasteiger partial charge in [0.15, 0.2) is 0 Å². The zero-order valence-electron chi connectivity index (χ0n) is 12.7. The summed E-state index contributed by atoms with van der Waals surface area (Å²) >= 11 is 0. The van der Waals surface area contributed by atoms with E-state index in [1.165, 1.54) is 11.4 Å². The van der Waals surface area contributed by atoms with E-state index in [1.807, 2.05) is 0 Å². The summed E-state index contributed by atoms with van der Waals surface area (Å²) < 4.78 is 35.6. The van der Waals surface area contributed by atoms with Gasteiger partial charge in [-0.25, -0.2) is 8.42 Å². The van der Waals surface area contributed by atoms with Gasteiger partial charge < -0.3 is 14.8 Å². The van der Waals surface area contributed by atoms with Crippen LogP contribution >= 0.6 is 0 Å². The number of hydrogen-bond acceptors (Lipinski definition) is 5. The third kappa shape index (κ3) is 3.69. The number of ether oxygens (including phenoxy) is 2. The van der Waals surface area contributed by atoms with Crippen molar-refractivity contribution in [3.63, 3.8) is 0 Å². The molecule has 22 heavy (non-hydrogen) atoms. The topological polar surface area (TPSA) is 84.9 Å². The van der Waals surface area contributed by atoms with Crippen LogP contribution in [0.3, 0.4) is 0 Å². The minimum atomic E-state index is -3.26.